The van der Waals surface area contributed by atoms with Crippen LogP contribution in [-0.2, 0) is 19.1 Å². The Morgan fingerprint density at radius 2 is 1.85 bits per heavy atom. The molecule has 20 heavy (non-hydrogen) atoms. The van der Waals surface area contributed by atoms with Gasteiger partial charge in [-0.05, 0) is 12.5 Å². The molecule has 0 heterocycles. The van der Waals surface area contributed by atoms with Crippen molar-refractivity contribution < 1.29 is 19.1 Å². The number of ether oxygens (including phenoxy) is 1. The van der Waals surface area contributed by atoms with Gasteiger partial charge in [0, 0.05) is 6.92 Å². The lowest BCUT2D eigenvalue weighted by molar-refractivity contribution is -0.154. The second-order valence-corrected chi connectivity index (χ2v) is 4.40. The number of carbonyl (C=O) groups excluding carboxylic acids is 3. The molecule has 0 aromatic heterocycles. The number of amides is 2. The fourth-order valence-corrected chi connectivity index (χ4v) is 1.65. The van der Waals surface area contributed by atoms with Crippen molar-refractivity contribution in [3.63, 3.8) is 0 Å². The van der Waals surface area contributed by atoms with Crippen molar-refractivity contribution >= 4 is 17.8 Å². The zero-order chi connectivity index (χ0) is 15.1. The van der Waals surface area contributed by atoms with Gasteiger partial charge in [0.2, 0.25) is 5.91 Å². The van der Waals surface area contributed by atoms with Crippen LogP contribution in [0.3, 0.4) is 0 Å². The van der Waals surface area contributed by atoms with E-state index in [-0.39, 0.29) is 12.3 Å². The number of esters is 1. The Morgan fingerprint density at radius 1 is 1.25 bits per heavy atom. The SMILES string of the molecule is CC(=O)N[C@@H](CC(=O)O[C@@H](C)C(N)=O)c1ccccc1. The maximum absolute atomic E-state index is 11.7. The van der Waals surface area contributed by atoms with Crippen molar-refractivity contribution in [1.82, 2.24) is 5.32 Å². The van der Waals surface area contributed by atoms with E-state index in [0.717, 1.165) is 5.56 Å². The minimum absolute atomic E-state index is 0.0682. The fraction of sp³-hybridized carbons (Fsp3) is 0.357. The van der Waals surface area contributed by atoms with Crippen molar-refractivity contribution in [2.75, 3.05) is 0 Å². The van der Waals surface area contributed by atoms with Crippen LogP contribution in [0.2, 0.25) is 0 Å². The molecular formula is C14H18N2O4. The molecule has 0 radical (unpaired) electrons. The molecular weight excluding hydrogens is 260 g/mol. The molecule has 6 nitrogen and oxygen atoms in total. The highest BCUT2D eigenvalue weighted by Gasteiger charge is 2.21. The third kappa shape index (κ3) is 5.09. The Morgan fingerprint density at radius 3 is 2.35 bits per heavy atom. The van der Waals surface area contributed by atoms with Crippen LogP contribution in [0.5, 0.6) is 0 Å². The summed E-state index contributed by atoms with van der Waals surface area (Å²) in [5.74, 6) is -1.57. The van der Waals surface area contributed by atoms with Crippen LogP contribution in [0.1, 0.15) is 31.9 Å². The van der Waals surface area contributed by atoms with Gasteiger partial charge < -0.3 is 15.8 Å². The summed E-state index contributed by atoms with van der Waals surface area (Å²) in [6.07, 6.45) is -1.06. The van der Waals surface area contributed by atoms with E-state index in [9.17, 15) is 14.4 Å². The predicted molar refractivity (Wildman–Crippen MR) is 72.4 cm³/mol. The van der Waals surface area contributed by atoms with Gasteiger partial charge in [-0.2, -0.15) is 0 Å². The van der Waals surface area contributed by atoms with Gasteiger partial charge in [0.25, 0.3) is 5.91 Å². The maximum Gasteiger partial charge on any atom is 0.309 e. The normalized spacial score (nSPS) is 13.1. The third-order valence-electron chi connectivity index (χ3n) is 2.66. The summed E-state index contributed by atoms with van der Waals surface area (Å²) in [4.78, 5) is 33.8. The average molecular weight is 278 g/mol. The summed E-state index contributed by atoms with van der Waals surface area (Å²) < 4.78 is 4.88. The Bertz CT molecular complexity index is 487. The van der Waals surface area contributed by atoms with Crippen molar-refractivity contribution in [2.24, 2.45) is 5.73 Å². The van der Waals surface area contributed by atoms with E-state index in [2.05, 4.69) is 5.32 Å². The molecule has 2 amide bonds. The molecule has 0 aliphatic carbocycles. The lowest BCUT2D eigenvalue weighted by Crippen LogP contribution is -2.33. The topological polar surface area (TPSA) is 98.5 Å². The molecule has 0 saturated carbocycles. The lowest BCUT2D eigenvalue weighted by Gasteiger charge is -2.18. The molecule has 0 aliphatic rings. The number of nitrogens with one attached hydrogen (secondary N) is 1. The highest BCUT2D eigenvalue weighted by atomic mass is 16.5. The summed E-state index contributed by atoms with van der Waals surface area (Å²) in [5.41, 5.74) is 5.80. The summed E-state index contributed by atoms with van der Waals surface area (Å²) in [7, 11) is 0. The Balaban J connectivity index is 2.73. The minimum atomic E-state index is -0.990. The number of primary amides is 1. The van der Waals surface area contributed by atoms with Crippen molar-refractivity contribution in [1.29, 1.82) is 0 Å². The van der Waals surface area contributed by atoms with E-state index in [1.54, 1.807) is 12.1 Å². The Labute approximate surface area is 117 Å². The van der Waals surface area contributed by atoms with Crippen LogP contribution in [0.4, 0.5) is 0 Å². The summed E-state index contributed by atoms with van der Waals surface area (Å²) in [6, 6.07) is 8.54. The lowest BCUT2D eigenvalue weighted by atomic mass is 10.0. The Hall–Kier alpha value is -2.37. The standard InChI is InChI=1S/C14H18N2O4/c1-9(14(15)19)20-13(18)8-12(16-10(2)17)11-6-4-3-5-7-11/h3-7,9,12H,8H2,1-2H3,(H2,15,19)(H,16,17)/t9-,12-/m0/s1. The van der Waals surface area contributed by atoms with Gasteiger partial charge in [0.1, 0.15) is 0 Å². The van der Waals surface area contributed by atoms with Crippen LogP contribution in [0.25, 0.3) is 0 Å². The molecule has 1 aromatic rings. The van der Waals surface area contributed by atoms with E-state index in [4.69, 9.17) is 10.5 Å². The number of carbonyl (C=O) groups is 3. The summed E-state index contributed by atoms with van der Waals surface area (Å²) in [5, 5.41) is 2.67. The largest absolute Gasteiger partial charge is 0.452 e. The van der Waals surface area contributed by atoms with Crippen LogP contribution in [0.15, 0.2) is 30.3 Å². The Kier molecular flexibility index (Phi) is 5.71. The quantitative estimate of drug-likeness (QED) is 0.747. The van der Waals surface area contributed by atoms with E-state index < -0.39 is 24.0 Å². The predicted octanol–water partition coefficient (Wildman–Crippen LogP) is 0.671. The number of benzene rings is 1. The van der Waals surface area contributed by atoms with Crippen LogP contribution < -0.4 is 11.1 Å². The summed E-state index contributed by atoms with van der Waals surface area (Å²) in [6.45, 7) is 2.77. The van der Waals surface area contributed by atoms with E-state index in [1.165, 1.54) is 13.8 Å². The minimum Gasteiger partial charge on any atom is -0.452 e. The van der Waals surface area contributed by atoms with Crippen LogP contribution in [-0.4, -0.2) is 23.9 Å². The van der Waals surface area contributed by atoms with Crippen LogP contribution >= 0.6 is 0 Å². The molecule has 0 fully saturated rings. The molecule has 0 spiro atoms. The molecule has 0 bridgehead atoms. The van der Waals surface area contributed by atoms with Gasteiger partial charge in [-0.3, -0.25) is 14.4 Å². The van der Waals surface area contributed by atoms with Gasteiger partial charge in [-0.15, -0.1) is 0 Å². The second kappa shape index (κ2) is 7.28. The monoisotopic (exact) mass is 278 g/mol. The third-order valence-corrected chi connectivity index (χ3v) is 2.66. The van der Waals surface area contributed by atoms with Crippen molar-refractivity contribution in [3.8, 4) is 0 Å². The number of nitrogens with two attached hydrogens (primary N) is 1. The first-order valence-electron chi connectivity index (χ1n) is 6.21. The highest BCUT2D eigenvalue weighted by Crippen LogP contribution is 2.17. The van der Waals surface area contributed by atoms with Gasteiger partial charge in [0.15, 0.2) is 6.10 Å². The zero-order valence-electron chi connectivity index (χ0n) is 11.5. The molecule has 0 aliphatic heterocycles. The maximum atomic E-state index is 11.7. The number of hydrogen-bond acceptors (Lipinski definition) is 4. The molecule has 0 unspecified atom stereocenters. The molecule has 0 saturated heterocycles. The highest BCUT2D eigenvalue weighted by molar-refractivity contribution is 5.82. The van der Waals surface area contributed by atoms with Crippen LogP contribution in [0, 0.1) is 0 Å². The van der Waals surface area contributed by atoms with E-state index in [0.29, 0.717) is 0 Å². The molecule has 2 atom stereocenters. The first kappa shape index (κ1) is 15.7. The zero-order valence-corrected chi connectivity index (χ0v) is 11.5. The van der Waals surface area contributed by atoms with E-state index >= 15 is 0 Å². The smallest absolute Gasteiger partial charge is 0.309 e. The second-order valence-electron chi connectivity index (χ2n) is 4.40. The molecule has 1 aromatic carbocycles. The van der Waals surface area contributed by atoms with E-state index in [1.807, 2.05) is 18.2 Å². The van der Waals surface area contributed by atoms with Crippen molar-refractivity contribution in [2.45, 2.75) is 32.4 Å². The molecule has 3 N–H and O–H groups in total. The first-order valence-corrected chi connectivity index (χ1v) is 6.21. The van der Waals surface area contributed by atoms with Crippen molar-refractivity contribution in [3.05, 3.63) is 35.9 Å². The summed E-state index contributed by atoms with van der Waals surface area (Å²) >= 11 is 0. The average Bonchev–Trinajstić information content (AvgIpc) is 2.38. The fourth-order valence-electron chi connectivity index (χ4n) is 1.65. The molecule has 1 rings (SSSR count). The molecule has 108 valence electrons. The van der Waals surface area contributed by atoms with Gasteiger partial charge in [-0.25, -0.2) is 0 Å². The molecule has 6 heteroatoms. The number of rotatable bonds is 6. The van der Waals surface area contributed by atoms with Gasteiger partial charge in [0.05, 0.1) is 12.5 Å². The van der Waals surface area contributed by atoms with Gasteiger partial charge >= 0.3 is 5.97 Å². The first-order chi connectivity index (χ1) is 9.40. The number of hydrogen-bond donors (Lipinski definition) is 2. The van der Waals surface area contributed by atoms with Gasteiger partial charge in [-0.1, -0.05) is 30.3 Å².